The highest BCUT2D eigenvalue weighted by Gasteiger charge is 2.27. The Labute approximate surface area is 125 Å². The quantitative estimate of drug-likeness (QED) is 0.864. The fourth-order valence-corrected chi connectivity index (χ4v) is 5.08. The van der Waals surface area contributed by atoms with Crippen molar-refractivity contribution >= 4 is 21.4 Å². The van der Waals surface area contributed by atoms with Crippen LogP contribution in [0, 0.1) is 5.92 Å². The highest BCUT2D eigenvalue weighted by Crippen LogP contribution is 2.26. The number of ether oxygens (including phenoxy) is 1. The van der Waals surface area contributed by atoms with Crippen LogP contribution in [-0.4, -0.2) is 46.6 Å². The maximum atomic E-state index is 12.6. The van der Waals surface area contributed by atoms with Crippen LogP contribution in [0.4, 0.5) is 0 Å². The molecule has 0 aromatic carbocycles. The van der Waals surface area contributed by atoms with Gasteiger partial charge in [-0.2, -0.15) is 0 Å². The van der Waals surface area contributed by atoms with E-state index in [2.05, 4.69) is 5.32 Å². The fourth-order valence-electron chi connectivity index (χ4n) is 2.41. The van der Waals surface area contributed by atoms with Crippen molar-refractivity contribution in [3.8, 4) is 0 Å². The molecule has 1 N–H and O–H groups in total. The molecule has 0 saturated carbocycles. The number of thiophene rings is 1. The zero-order valence-corrected chi connectivity index (χ0v) is 13.6. The Bertz CT molecular complexity index is 521. The first-order chi connectivity index (χ1) is 9.55. The van der Waals surface area contributed by atoms with E-state index in [-0.39, 0.29) is 0 Å². The largest absolute Gasteiger partial charge is 0.381 e. The van der Waals surface area contributed by atoms with Crippen LogP contribution in [0.25, 0.3) is 0 Å². The normalized spacial score (nSPS) is 17.8. The lowest BCUT2D eigenvalue weighted by Gasteiger charge is -2.26. The first-order valence-electron chi connectivity index (χ1n) is 6.80. The van der Waals surface area contributed by atoms with Crippen molar-refractivity contribution < 1.29 is 13.2 Å². The van der Waals surface area contributed by atoms with Crippen LogP contribution in [0.3, 0.4) is 0 Å². The molecule has 0 radical (unpaired) electrons. The van der Waals surface area contributed by atoms with Crippen molar-refractivity contribution in [2.24, 2.45) is 5.92 Å². The summed E-state index contributed by atoms with van der Waals surface area (Å²) in [4.78, 5) is 1.30. The van der Waals surface area contributed by atoms with Gasteiger partial charge in [0, 0.05) is 38.2 Å². The van der Waals surface area contributed by atoms with E-state index in [1.165, 1.54) is 15.6 Å². The summed E-state index contributed by atoms with van der Waals surface area (Å²) >= 11 is 1.48. The van der Waals surface area contributed by atoms with Crippen LogP contribution >= 0.6 is 11.3 Å². The Morgan fingerprint density at radius 2 is 2.15 bits per heavy atom. The lowest BCUT2D eigenvalue weighted by atomic mass is 10.0. The SMILES string of the molecule is CNCc1sccc1S(=O)(=O)N(C)CC1CCOCC1. The molecule has 114 valence electrons. The van der Waals surface area contributed by atoms with E-state index < -0.39 is 10.0 Å². The minimum atomic E-state index is -3.38. The van der Waals surface area contributed by atoms with Gasteiger partial charge in [-0.3, -0.25) is 0 Å². The zero-order valence-electron chi connectivity index (χ0n) is 12.0. The molecular formula is C13H22N2O3S2. The maximum Gasteiger partial charge on any atom is 0.243 e. The average molecular weight is 318 g/mol. The van der Waals surface area contributed by atoms with Crippen molar-refractivity contribution in [1.82, 2.24) is 9.62 Å². The number of rotatable bonds is 6. The van der Waals surface area contributed by atoms with Gasteiger partial charge in [0.2, 0.25) is 10.0 Å². The Morgan fingerprint density at radius 3 is 2.80 bits per heavy atom. The summed E-state index contributed by atoms with van der Waals surface area (Å²) in [5.41, 5.74) is 0. The summed E-state index contributed by atoms with van der Waals surface area (Å²) in [5.74, 6) is 0.398. The second-order valence-corrected chi connectivity index (χ2v) is 8.09. The van der Waals surface area contributed by atoms with Gasteiger partial charge < -0.3 is 10.1 Å². The monoisotopic (exact) mass is 318 g/mol. The molecule has 20 heavy (non-hydrogen) atoms. The van der Waals surface area contributed by atoms with Gasteiger partial charge in [-0.05, 0) is 37.3 Å². The molecule has 0 amide bonds. The average Bonchev–Trinajstić information content (AvgIpc) is 2.89. The molecule has 0 unspecified atom stereocenters. The summed E-state index contributed by atoms with van der Waals surface area (Å²) in [7, 11) is 0.109. The molecule has 1 aromatic rings. The highest BCUT2D eigenvalue weighted by molar-refractivity contribution is 7.89. The second kappa shape index (κ2) is 7.00. The second-order valence-electron chi connectivity index (χ2n) is 5.08. The summed E-state index contributed by atoms with van der Waals surface area (Å²) in [6.07, 6.45) is 1.87. The van der Waals surface area contributed by atoms with Gasteiger partial charge in [-0.25, -0.2) is 12.7 Å². The predicted molar refractivity (Wildman–Crippen MR) is 80.4 cm³/mol. The zero-order chi connectivity index (χ0) is 14.6. The van der Waals surface area contributed by atoms with Gasteiger partial charge in [-0.15, -0.1) is 11.3 Å². The molecule has 1 fully saturated rings. The predicted octanol–water partition coefficient (Wildman–Crippen LogP) is 1.51. The van der Waals surface area contributed by atoms with E-state index in [4.69, 9.17) is 4.74 Å². The number of sulfonamides is 1. The summed E-state index contributed by atoms with van der Waals surface area (Å²) in [6.45, 7) is 2.63. The third-order valence-corrected chi connectivity index (χ3v) is 6.54. The standard InChI is InChI=1S/C13H22N2O3S2/c1-14-9-12-13(5-8-19-12)20(16,17)15(2)10-11-3-6-18-7-4-11/h5,8,11,14H,3-4,6-7,9-10H2,1-2H3. The molecular weight excluding hydrogens is 296 g/mol. The third-order valence-electron chi connectivity index (χ3n) is 3.59. The lowest BCUT2D eigenvalue weighted by Crippen LogP contribution is -2.34. The summed E-state index contributed by atoms with van der Waals surface area (Å²) < 4.78 is 32.1. The topological polar surface area (TPSA) is 58.6 Å². The third kappa shape index (κ3) is 3.59. The first-order valence-corrected chi connectivity index (χ1v) is 9.12. The van der Waals surface area contributed by atoms with E-state index in [1.54, 1.807) is 13.1 Å². The molecule has 2 heterocycles. The molecule has 1 aliphatic rings. The Hall–Kier alpha value is -0.470. The van der Waals surface area contributed by atoms with Gasteiger partial charge in [0.05, 0.1) is 4.90 Å². The molecule has 2 rings (SSSR count). The molecule has 7 heteroatoms. The van der Waals surface area contributed by atoms with Crippen molar-refractivity contribution in [1.29, 1.82) is 0 Å². The summed E-state index contributed by atoms with van der Waals surface area (Å²) in [5, 5.41) is 4.85. The van der Waals surface area contributed by atoms with E-state index in [0.29, 0.717) is 23.9 Å². The molecule has 0 bridgehead atoms. The molecule has 0 spiro atoms. The smallest absolute Gasteiger partial charge is 0.243 e. The number of nitrogens with zero attached hydrogens (tertiary/aromatic N) is 1. The van der Waals surface area contributed by atoms with E-state index in [9.17, 15) is 8.42 Å². The van der Waals surface area contributed by atoms with Crippen molar-refractivity contribution in [3.05, 3.63) is 16.3 Å². The molecule has 1 aliphatic heterocycles. The van der Waals surface area contributed by atoms with Gasteiger partial charge in [0.15, 0.2) is 0 Å². The Morgan fingerprint density at radius 1 is 1.45 bits per heavy atom. The minimum absolute atomic E-state index is 0.398. The van der Waals surface area contributed by atoms with Gasteiger partial charge in [0.25, 0.3) is 0 Å². The highest BCUT2D eigenvalue weighted by atomic mass is 32.2. The van der Waals surface area contributed by atoms with Crippen LogP contribution in [0.2, 0.25) is 0 Å². The molecule has 0 aliphatic carbocycles. The van der Waals surface area contributed by atoms with Gasteiger partial charge in [-0.1, -0.05) is 0 Å². The lowest BCUT2D eigenvalue weighted by molar-refractivity contribution is 0.0620. The van der Waals surface area contributed by atoms with Crippen LogP contribution in [0.5, 0.6) is 0 Å². The summed E-state index contributed by atoms with van der Waals surface area (Å²) in [6, 6.07) is 1.70. The Kier molecular flexibility index (Phi) is 5.57. The number of hydrogen-bond acceptors (Lipinski definition) is 5. The van der Waals surface area contributed by atoms with E-state index >= 15 is 0 Å². The van der Waals surface area contributed by atoms with Crippen LogP contribution < -0.4 is 5.32 Å². The fraction of sp³-hybridized carbons (Fsp3) is 0.692. The number of nitrogens with one attached hydrogen (secondary N) is 1. The van der Waals surface area contributed by atoms with Gasteiger partial charge in [0.1, 0.15) is 0 Å². The van der Waals surface area contributed by atoms with Crippen LogP contribution in [0.15, 0.2) is 16.3 Å². The van der Waals surface area contributed by atoms with Crippen molar-refractivity contribution in [2.75, 3.05) is 33.9 Å². The van der Waals surface area contributed by atoms with E-state index in [0.717, 1.165) is 30.9 Å². The molecule has 5 nitrogen and oxygen atoms in total. The molecule has 0 atom stereocenters. The maximum absolute atomic E-state index is 12.6. The van der Waals surface area contributed by atoms with Crippen LogP contribution in [-0.2, 0) is 21.3 Å². The van der Waals surface area contributed by atoms with Gasteiger partial charge >= 0.3 is 0 Å². The van der Waals surface area contributed by atoms with Crippen molar-refractivity contribution in [3.63, 3.8) is 0 Å². The van der Waals surface area contributed by atoms with Crippen molar-refractivity contribution in [2.45, 2.75) is 24.3 Å². The molecule has 1 aromatic heterocycles. The first kappa shape index (κ1) is 15.9. The Balaban J connectivity index is 2.10. The minimum Gasteiger partial charge on any atom is -0.381 e. The van der Waals surface area contributed by atoms with Crippen LogP contribution in [0.1, 0.15) is 17.7 Å². The molecule has 1 saturated heterocycles. The van der Waals surface area contributed by atoms with E-state index in [1.807, 2.05) is 12.4 Å². The number of hydrogen-bond donors (Lipinski definition) is 1.